The van der Waals surface area contributed by atoms with Crippen LogP contribution in [0.25, 0.3) is 16.7 Å². The van der Waals surface area contributed by atoms with Gasteiger partial charge in [0.25, 0.3) is 0 Å². The van der Waals surface area contributed by atoms with Crippen LogP contribution in [0.4, 0.5) is 5.95 Å². The highest BCUT2D eigenvalue weighted by molar-refractivity contribution is 5.79. The molecule has 4 nitrogen and oxygen atoms in total. The monoisotopic (exact) mass is 210 g/mol. The van der Waals surface area contributed by atoms with E-state index in [0.717, 1.165) is 16.7 Å². The highest BCUT2D eigenvalue weighted by atomic mass is 15.2. The molecule has 0 fully saturated rings. The number of nitrogens with zero attached hydrogens (tertiary/aromatic N) is 3. The van der Waals surface area contributed by atoms with Crippen molar-refractivity contribution in [1.29, 1.82) is 0 Å². The first-order valence-electron chi connectivity index (χ1n) is 4.99. The van der Waals surface area contributed by atoms with Gasteiger partial charge in [-0.1, -0.05) is 18.2 Å². The largest absolute Gasteiger partial charge is 0.369 e. The maximum Gasteiger partial charge on any atom is 0.205 e. The molecule has 2 heterocycles. The van der Waals surface area contributed by atoms with E-state index in [1.165, 1.54) is 0 Å². The SMILES string of the molecule is Nc1nc2cnccc2n1-c1ccccc1. The lowest BCUT2D eigenvalue weighted by Crippen LogP contribution is -1.99. The Kier molecular flexibility index (Phi) is 1.86. The third-order valence-electron chi connectivity index (χ3n) is 2.50. The van der Waals surface area contributed by atoms with E-state index >= 15 is 0 Å². The number of hydrogen-bond donors (Lipinski definition) is 1. The van der Waals surface area contributed by atoms with E-state index in [0.29, 0.717) is 5.95 Å². The minimum Gasteiger partial charge on any atom is -0.369 e. The second kappa shape index (κ2) is 3.34. The zero-order valence-corrected chi connectivity index (χ0v) is 8.54. The zero-order chi connectivity index (χ0) is 11.0. The van der Waals surface area contributed by atoms with Gasteiger partial charge in [-0.25, -0.2) is 4.98 Å². The summed E-state index contributed by atoms with van der Waals surface area (Å²) < 4.78 is 1.91. The molecular weight excluding hydrogens is 200 g/mol. The Balaban J connectivity index is 2.35. The Bertz CT molecular complexity index is 628. The summed E-state index contributed by atoms with van der Waals surface area (Å²) in [6, 6.07) is 11.8. The first-order chi connectivity index (χ1) is 7.86. The van der Waals surface area contributed by atoms with Crippen molar-refractivity contribution in [2.75, 3.05) is 5.73 Å². The summed E-state index contributed by atoms with van der Waals surface area (Å²) >= 11 is 0. The van der Waals surface area contributed by atoms with E-state index < -0.39 is 0 Å². The minimum absolute atomic E-state index is 0.481. The van der Waals surface area contributed by atoms with Gasteiger partial charge in [0.15, 0.2) is 0 Å². The van der Waals surface area contributed by atoms with Crippen LogP contribution in [0.1, 0.15) is 0 Å². The van der Waals surface area contributed by atoms with E-state index in [9.17, 15) is 0 Å². The number of fused-ring (bicyclic) bond motifs is 1. The van der Waals surface area contributed by atoms with Crippen LogP contribution in [0.2, 0.25) is 0 Å². The number of hydrogen-bond acceptors (Lipinski definition) is 3. The standard InChI is InChI=1S/C12H10N4/c13-12-15-10-8-14-7-6-11(10)16(12)9-4-2-1-3-5-9/h1-8H,(H2,13,15). The van der Waals surface area contributed by atoms with Crippen LogP contribution in [-0.4, -0.2) is 14.5 Å². The van der Waals surface area contributed by atoms with Gasteiger partial charge >= 0.3 is 0 Å². The maximum atomic E-state index is 5.91. The van der Waals surface area contributed by atoms with Crippen molar-refractivity contribution in [2.24, 2.45) is 0 Å². The normalized spacial score (nSPS) is 10.8. The van der Waals surface area contributed by atoms with E-state index in [4.69, 9.17) is 5.73 Å². The zero-order valence-electron chi connectivity index (χ0n) is 8.54. The lowest BCUT2D eigenvalue weighted by molar-refractivity contribution is 1.11. The molecule has 2 N–H and O–H groups in total. The van der Waals surface area contributed by atoms with Crippen LogP contribution < -0.4 is 5.73 Å². The number of benzene rings is 1. The van der Waals surface area contributed by atoms with Crippen molar-refractivity contribution in [3.63, 3.8) is 0 Å². The van der Waals surface area contributed by atoms with Gasteiger partial charge in [0.2, 0.25) is 5.95 Å². The molecule has 3 aromatic rings. The highest BCUT2D eigenvalue weighted by Gasteiger charge is 2.08. The van der Waals surface area contributed by atoms with E-state index in [1.54, 1.807) is 12.4 Å². The summed E-state index contributed by atoms with van der Waals surface area (Å²) in [5.74, 6) is 0.481. The Labute approximate surface area is 92.4 Å². The van der Waals surface area contributed by atoms with Gasteiger partial charge in [0.1, 0.15) is 5.52 Å². The molecule has 2 aromatic heterocycles. The van der Waals surface area contributed by atoms with Crippen molar-refractivity contribution in [1.82, 2.24) is 14.5 Å². The van der Waals surface area contributed by atoms with Crippen molar-refractivity contribution < 1.29 is 0 Å². The number of rotatable bonds is 1. The van der Waals surface area contributed by atoms with E-state index in [1.807, 2.05) is 41.0 Å². The predicted octanol–water partition coefficient (Wildman–Crippen LogP) is 2.00. The molecular formula is C12H10N4. The summed E-state index contributed by atoms with van der Waals surface area (Å²) in [6.45, 7) is 0. The molecule has 0 amide bonds. The van der Waals surface area contributed by atoms with Gasteiger partial charge in [-0.3, -0.25) is 9.55 Å². The van der Waals surface area contributed by atoms with Gasteiger partial charge in [0, 0.05) is 11.9 Å². The molecule has 16 heavy (non-hydrogen) atoms. The quantitative estimate of drug-likeness (QED) is 0.668. The van der Waals surface area contributed by atoms with Gasteiger partial charge in [0.05, 0.1) is 11.7 Å². The minimum atomic E-state index is 0.481. The van der Waals surface area contributed by atoms with E-state index in [-0.39, 0.29) is 0 Å². The van der Waals surface area contributed by atoms with Gasteiger partial charge < -0.3 is 5.73 Å². The van der Waals surface area contributed by atoms with Crippen LogP contribution >= 0.6 is 0 Å². The molecule has 0 aliphatic heterocycles. The lowest BCUT2D eigenvalue weighted by Gasteiger charge is -2.05. The number of aromatic nitrogens is 3. The number of para-hydroxylation sites is 1. The topological polar surface area (TPSA) is 56.7 Å². The predicted molar refractivity (Wildman–Crippen MR) is 63.3 cm³/mol. The van der Waals surface area contributed by atoms with Crippen molar-refractivity contribution in [3.8, 4) is 5.69 Å². The smallest absolute Gasteiger partial charge is 0.205 e. The average Bonchev–Trinajstić information content (AvgIpc) is 2.66. The van der Waals surface area contributed by atoms with Gasteiger partial charge in [-0.05, 0) is 18.2 Å². The molecule has 4 heteroatoms. The van der Waals surface area contributed by atoms with Crippen molar-refractivity contribution in [2.45, 2.75) is 0 Å². The molecule has 0 unspecified atom stereocenters. The number of nitrogen functional groups attached to an aromatic ring is 1. The Morgan fingerprint density at radius 3 is 2.69 bits per heavy atom. The fraction of sp³-hybridized carbons (Fsp3) is 0. The second-order valence-corrected chi connectivity index (χ2v) is 3.51. The summed E-state index contributed by atoms with van der Waals surface area (Å²) in [4.78, 5) is 8.30. The van der Waals surface area contributed by atoms with Crippen LogP contribution in [-0.2, 0) is 0 Å². The van der Waals surface area contributed by atoms with Crippen LogP contribution in [0, 0.1) is 0 Å². The fourth-order valence-electron chi connectivity index (χ4n) is 1.80. The van der Waals surface area contributed by atoms with Crippen LogP contribution in [0.3, 0.4) is 0 Å². The Morgan fingerprint density at radius 1 is 1.06 bits per heavy atom. The lowest BCUT2D eigenvalue weighted by atomic mass is 10.3. The number of anilines is 1. The van der Waals surface area contributed by atoms with Gasteiger partial charge in [-0.2, -0.15) is 0 Å². The molecule has 0 saturated heterocycles. The molecule has 0 bridgehead atoms. The molecule has 0 spiro atoms. The molecule has 0 atom stereocenters. The number of nitrogens with two attached hydrogens (primary N) is 1. The van der Waals surface area contributed by atoms with Crippen LogP contribution in [0.5, 0.6) is 0 Å². The highest BCUT2D eigenvalue weighted by Crippen LogP contribution is 2.21. The summed E-state index contributed by atoms with van der Waals surface area (Å²) in [5.41, 5.74) is 8.70. The van der Waals surface area contributed by atoms with Crippen molar-refractivity contribution >= 4 is 17.0 Å². The first-order valence-corrected chi connectivity index (χ1v) is 4.99. The molecule has 0 radical (unpaired) electrons. The Hall–Kier alpha value is -2.36. The molecule has 0 aliphatic rings. The fourth-order valence-corrected chi connectivity index (χ4v) is 1.80. The molecule has 78 valence electrons. The maximum absolute atomic E-state index is 5.91. The molecule has 3 rings (SSSR count). The van der Waals surface area contributed by atoms with Crippen LogP contribution in [0.15, 0.2) is 48.8 Å². The van der Waals surface area contributed by atoms with E-state index in [2.05, 4.69) is 9.97 Å². The summed E-state index contributed by atoms with van der Waals surface area (Å²) in [6.07, 6.45) is 3.45. The second-order valence-electron chi connectivity index (χ2n) is 3.51. The third kappa shape index (κ3) is 1.24. The van der Waals surface area contributed by atoms with Crippen molar-refractivity contribution in [3.05, 3.63) is 48.8 Å². The Morgan fingerprint density at radius 2 is 1.88 bits per heavy atom. The summed E-state index contributed by atoms with van der Waals surface area (Å²) in [7, 11) is 0. The molecule has 0 aliphatic carbocycles. The number of pyridine rings is 1. The van der Waals surface area contributed by atoms with Gasteiger partial charge in [-0.15, -0.1) is 0 Å². The third-order valence-corrected chi connectivity index (χ3v) is 2.50. The number of imidazole rings is 1. The summed E-state index contributed by atoms with van der Waals surface area (Å²) in [5, 5.41) is 0. The average molecular weight is 210 g/mol. The molecule has 0 saturated carbocycles. The molecule has 1 aromatic carbocycles. The first kappa shape index (κ1) is 8.91.